The Bertz CT molecular complexity index is 1350. The van der Waals surface area contributed by atoms with Crippen LogP contribution in [0.25, 0.3) is 11.4 Å². The average Bonchev–Trinajstić information content (AvgIpc) is 3.68. The average molecular weight is 466 g/mol. The van der Waals surface area contributed by atoms with Gasteiger partial charge in [0.05, 0.1) is 12.3 Å². The Labute approximate surface area is 206 Å². The van der Waals surface area contributed by atoms with Gasteiger partial charge in [0.15, 0.2) is 0 Å². The summed E-state index contributed by atoms with van der Waals surface area (Å²) in [4.78, 5) is 2.58. The van der Waals surface area contributed by atoms with Crippen molar-refractivity contribution in [3.05, 3.63) is 83.6 Å². The van der Waals surface area contributed by atoms with E-state index in [1.807, 2.05) is 4.57 Å². The maximum absolute atomic E-state index is 6.23. The molecule has 2 aromatic heterocycles. The van der Waals surface area contributed by atoms with E-state index in [0.717, 1.165) is 56.8 Å². The van der Waals surface area contributed by atoms with Crippen molar-refractivity contribution in [3.8, 4) is 17.1 Å². The number of anilines is 1. The van der Waals surface area contributed by atoms with Crippen LogP contribution in [-0.4, -0.2) is 39.0 Å². The van der Waals surface area contributed by atoms with Gasteiger partial charge in [-0.15, -0.1) is 10.2 Å². The normalized spacial score (nSPS) is 19.3. The molecule has 178 valence electrons. The first-order valence-corrected chi connectivity index (χ1v) is 13.0. The van der Waals surface area contributed by atoms with Crippen molar-refractivity contribution in [2.24, 2.45) is 0 Å². The fourth-order valence-corrected chi connectivity index (χ4v) is 6.15. The minimum atomic E-state index is 0.492. The van der Waals surface area contributed by atoms with Crippen LogP contribution in [0, 0.1) is 0 Å². The van der Waals surface area contributed by atoms with Gasteiger partial charge in [0.2, 0.25) is 0 Å². The molecule has 1 atom stereocenters. The Hall–Kier alpha value is -3.54. The summed E-state index contributed by atoms with van der Waals surface area (Å²) in [6.45, 7) is 3.07. The fourth-order valence-electron chi connectivity index (χ4n) is 6.15. The summed E-state index contributed by atoms with van der Waals surface area (Å²) in [6, 6.07) is 15.9. The maximum atomic E-state index is 6.23. The van der Waals surface area contributed by atoms with Gasteiger partial charge in [-0.25, -0.2) is 0 Å². The predicted octanol–water partition coefficient (Wildman–Crippen LogP) is 5.26. The molecule has 2 aromatic carbocycles. The number of nitrogens with zero attached hydrogens (tertiary/aromatic N) is 5. The number of fused-ring (bicyclic) bond motifs is 2. The molecule has 6 nitrogen and oxygen atoms in total. The zero-order valence-corrected chi connectivity index (χ0v) is 20.1. The predicted molar refractivity (Wildman–Crippen MR) is 137 cm³/mol. The van der Waals surface area contributed by atoms with Crippen LogP contribution < -0.4 is 9.64 Å². The number of aryl methyl sites for hydroxylation is 1. The van der Waals surface area contributed by atoms with E-state index < -0.39 is 0 Å². The van der Waals surface area contributed by atoms with Crippen molar-refractivity contribution in [1.29, 1.82) is 0 Å². The molecule has 2 aliphatic heterocycles. The maximum Gasteiger partial charge on any atom is 0.146 e. The van der Waals surface area contributed by atoms with Crippen molar-refractivity contribution in [1.82, 2.24) is 19.3 Å². The van der Waals surface area contributed by atoms with E-state index >= 15 is 0 Å². The SMILES string of the molecule is c1cc2c(c(-n3cc(C4Cc5ccc(-n6cnnc6)cc5C4)cc3N3CCCCC3)c1)OCCC2. The number of benzene rings is 2. The van der Waals surface area contributed by atoms with Crippen LogP contribution in [0.3, 0.4) is 0 Å². The standard InChI is InChI=1S/C29H31N5O/c1-2-11-32(12-3-1)28-17-25(18-34(28)27-8-4-6-21-7-5-13-35-29(21)27)23-14-22-9-10-26(16-24(22)15-23)33-19-30-31-20-33/h4,6,8-10,16-20,23H,1-3,5,7,11-15H2. The topological polar surface area (TPSA) is 48.1 Å². The lowest BCUT2D eigenvalue weighted by Crippen LogP contribution is -2.31. The molecule has 1 saturated heterocycles. The summed E-state index contributed by atoms with van der Waals surface area (Å²) in [6.07, 6.45) is 14.2. The molecule has 0 spiro atoms. The summed E-state index contributed by atoms with van der Waals surface area (Å²) >= 11 is 0. The molecule has 0 N–H and O–H groups in total. The van der Waals surface area contributed by atoms with E-state index in [0.29, 0.717) is 5.92 Å². The number of piperidine rings is 1. The van der Waals surface area contributed by atoms with E-state index in [9.17, 15) is 0 Å². The number of aromatic nitrogens is 4. The van der Waals surface area contributed by atoms with Gasteiger partial charge in [-0.05, 0) is 97.4 Å². The van der Waals surface area contributed by atoms with Crippen molar-refractivity contribution >= 4 is 5.82 Å². The molecule has 7 rings (SSSR count). The molecule has 35 heavy (non-hydrogen) atoms. The van der Waals surface area contributed by atoms with Crippen LogP contribution in [0.1, 0.15) is 53.9 Å². The lowest BCUT2D eigenvalue weighted by Gasteiger charge is -2.30. The second kappa shape index (κ2) is 8.59. The highest BCUT2D eigenvalue weighted by molar-refractivity contribution is 5.60. The summed E-state index contributed by atoms with van der Waals surface area (Å²) < 4.78 is 10.6. The van der Waals surface area contributed by atoms with Crippen LogP contribution in [0.2, 0.25) is 0 Å². The van der Waals surface area contributed by atoms with Gasteiger partial charge in [-0.2, -0.15) is 0 Å². The van der Waals surface area contributed by atoms with E-state index in [4.69, 9.17) is 4.74 Å². The molecule has 0 saturated carbocycles. The highest BCUT2D eigenvalue weighted by atomic mass is 16.5. The van der Waals surface area contributed by atoms with Gasteiger partial charge in [-0.1, -0.05) is 18.2 Å². The monoisotopic (exact) mass is 465 g/mol. The van der Waals surface area contributed by atoms with E-state index in [-0.39, 0.29) is 0 Å². The minimum absolute atomic E-state index is 0.492. The molecule has 4 aromatic rings. The quantitative estimate of drug-likeness (QED) is 0.413. The zero-order chi connectivity index (χ0) is 23.2. The van der Waals surface area contributed by atoms with E-state index in [2.05, 4.69) is 68.3 Å². The first kappa shape index (κ1) is 20.8. The van der Waals surface area contributed by atoms with Crippen LogP contribution in [-0.2, 0) is 19.3 Å². The Kier molecular flexibility index (Phi) is 5.11. The highest BCUT2D eigenvalue weighted by Gasteiger charge is 2.28. The van der Waals surface area contributed by atoms with Gasteiger partial charge in [0, 0.05) is 25.0 Å². The van der Waals surface area contributed by atoms with Crippen molar-refractivity contribution in [2.75, 3.05) is 24.6 Å². The molecule has 0 amide bonds. The van der Waals surface area contributed by atoms with Crippen LogP contribution in [0.4, 0.5) is 5.82 Å². The smallest absolute Gasteiger partial charge is 0.146 e. The summed E-state index contributed by atoms with van der Waals surface area (Å²) in [5.41, 5.74) is 7.99. The molecule has 4 heterocycles. The number of para-hydroxylation sites is 1. The zero-order valence-electron chi connectivity index (χ0n) is 20.1. The summed E-state index contributed by atoms with van der Waals surface area (Å²) in [5.74, 6) is 2.89. The van der Waals surface area contributed by atoms with Crippen molar-refractivity contribution < 1.29 is 4.74 Å². The molecule has 3 aliphatic rings. The molecular weight excluding hydrogens is 434 g/mol. The van der Waals surface area contributed by atoms with Gasteiger partial charge >= 0.3 is 0 Å². The number of hydrogen-bond acceptors (Lipinski definition) is 4. The number of ether oxygens (including phenoxy) is 1. The van der Waals surface area contributed by atoms with E-state index in [1.165, 1.54) is 53.0 Å². The van der Waals surface area contributed by atoms with Gasteiger partial charge in [0.25, 0.3) is 0 Å². The summed E-state index contributed by atoms with van der Waals surface area (Å²) in [7, 11) is 0. The first-order valence-electron chi connectivity index (χ1n) is 13.0. The molecule has 1 fully saturated rings. The van der Waals surface area contributed by atoms with Crippen molar-refractivity contribution in [3.63, 3.8) is 0 Å². The van der Waals surface area contributed by atoms with Crippen LogP contribution >= 0.6 is 0 Å². The lowest BCUT2D eigenvalue weighted by molar-refractivity contribution is 0.287. The molecule has 0 radical (unpaired) electrons. The highest BCUT2D eigenvalue weighted by Crippen LogP contribution is 2.40. The molecule has 1 unspecified atom stereocenters. The van der Waals surface area contributed by atoms with Gasteiger partial charge < -0.3 is 9.64 Å². The Morgan fingerprint density at radius 3 is 2.57 bits per heavy atom. The largest absolute Gasteiger partial charge is 0.491 e. The second-order valence-corrected chi connectivity index (χ2v) is 10.2. The third kappa shape index (κ3) is 3.72. The Morgan fingerprint density at radius 2 is 1.69 bits per heavy atom. The Balaban J connectivity index is 1.26. The van der Waals surface area contributed by atoms with Crippen LogP contribution in [0.15, 0.2) is 61.3 Å². The number of rotatable bonds is 4. The molecule has 6 heteroatoms. The summed E-state index contributed by atoms with van der Waals surface area (Å²) in [5, 5.41) is 7.93. The fraction of sp³-hybridized carbons (Fsp3) is 0.379. The lowest BCUT2D eigenvalue weighted by atomic mass is 9.99. The third-order valence-corrected chi connectivity index (χ3v) is 7.98. The minimum Gasteiger partial charge on any atom is -0.491 e. The third-order valence-electron chi connectivity index (χ3n) is 7.98. The number of hydrogen-bond donors (Lipinski definition) is 0. The van der Waals surface area contributed by atoms with Crippen LogP contribution in [0.5, 0.6) is 5.75 Å². The first-order chi connectivity index (χ1) is 17.3. The molecular formula is C29H31N5O. The van der Waals surface area contributed by atoms with Gasteiger partial charge in [-0.3, -0.25) is 9.13 Å². The molecule has 0 bridgehead atoms. The molecule has 1 aliphatic carbocycles. The second-order valence-electron chi connectivity index (χ2n) is 10.2. The van der Waals surface area contributed by atoms with E-state index in [1.54, 1.807) is 12.7 Å². The van der Waals surface area contributed by atoms with Crippen molar-refractivity contribution in [2.45, 2.75) is 50.9 Å². The van der Waals surface area contributed by atoms with Gasteiger partial charge in [0.1, 0.15) is 24.2 Å². The Morgan fingerprint density at radius 1 is 0.829 bits per heavy atom.